The van der Waals surface area contributed by atoms with Gasteiger partial charge >= 0.3 is 0 Å². The summed E-state index contributed by atoms with van der Waals surface area (Å²) in [5, 5.41) is 4.54. The van der Waals surface area contributed by atoms with Crippen molar-refractivity contribution in [1.82, 2.24) is 14.6 Å². The molecule has 2 aromatic heterocycles. The normalized spacial score (nSPS) is 9.79. The summed E-state index contributed by atoms with van der Waals surface area (Å²) >= 11 is 9.12. The second kappa shape index (κ2) is 4.75. The van der Waals surface area contributed by atoms with Gasteiger partial charge in [-0.25, -0.2) is 9.50 Å². The third-order valence-corrected chi connectivity index (χ3v) is 2.33. The summed E-state index contributed by atoms with van der Waals surface area (Å²) in [6.07, 6.45) is 1.75. The minimum atomic E-state index is 0.454. The Morgan fingerprint density at radius 3 is 2.71 bits per heavy atom. The van der Waals surface area contributed by atoms with Crippen molar-refractivity contribution in [3.8, 4) is 0 Å². The Hall–Kier alpha value is -0.610. The summed E-state index contributed by atoms with van der Waals surface area (Å²) in [6, 6.07) is 1.73. The summed E-state index contributed by atoms with van der Waals surface area (Å²) in [7, 11) is 0. The standard InChI is InChI=1S/C7H5BrClN3.C2H6/c1-4-3-10-7-5(8)2-6(9)11-12(4)7;1-2/h2-3H,1H3;1-2H3. The van der Waals surface area contributed by atoms with E-state index in [1.165, 1.54) is 0 Å². The van der Waals surface area contributed by atoms with Gasteiger partial charge in [-0.05, 0) is 28.9 Å². The molecule has 0 aliphatic carbocycles. The highest BCUT2D eigenvalue weighted by Gasteiger charge is 2.05. The number of imidazole rings is 1. The lowest BCUT2D eigenvalue weighted by molar-refractivity contribution is 0.896. The van der Waals surface area contributed by atoms with Gasteiger partial charge < -0.3 is 0 Å². The number of fused-ring (bicyclic) bond motifs is 1. The van der Waals surface area contributed by atoms with Crippen LogP contribution in [0.2, 0.25) is 5.15 Å². The highest BCUT2D eigenvalue weighted by molar-refractivity contribution is 9.10. The summed E-state index contributed by atoms with van der Waals surface area (Å²) in [5.74, 6) is 0. The van der Waals surface area contributed by atoms with E-state index in [9.17, 15) is 0 Å². The molecule has 0 saturated carbocycles. The quantitative estimate of drug-likeness (QED) is 0.737. The van der Waals surface area contributed by atoms with Gasteiger partial charge in [0.25, 0.3) is 0 Å². The Bertz CT molecular complexity index is 439. The monoisotopic (exact) mass is 275 g/mol. The summed E-state index contributed by atoms with van der Waals surface area (Å²) in [6.45, 7) is 5.93. The maximum atomic E-state index is 5.76. The van der Waals surface area contributed by atoms with Crippen LogP contribution < -0.4 is 0 Å². The molecule has 14 heavy (non-hydrogen) atoms. The molecular formula is C9H11BrClN3. The Morgan fingerprint density at radius 1 is 1.43 bits per heavy atom. The molecule has 0 aliphatic rings. The molecule has 5 heteroatoms. The SMILES string of the molecule is CC.Cc1cnc2c(Br)cc(Cl)nn12. The van der Waals surface area contributed by atoms with Crippen LogP contribution in [0.4, 0.5) is 0 Å². The van der Waals surface area contributed by atoms with Crippen molar-refractivity contribution >= 4 is 33.2 Å². The number of hydrogen-bond acceptors (Lipinski definition) is 2. The van der Waals surface area contributed by atoms with Crippen LogP contribution in [0.5, 0.6) is 0 Å². The first-order valence-electron chi connectivity index (χ1n) is 4.35. The van der Waals surface area contributed by atoms with E-state index in [-0.39, 0.29) is 0 Å². The van der Waals surface area contributed by atoms with Crippen molar-refractivity contribution in [2.24, 2.45) is 0 Å². The van der Waals surface area contributed by atoms with Crippen LogP contribution in [0.3, 0.4) is 0 Å². The molecule has 0 bridgehead atoms. The van der Waals surface area contributed by atoms with E-state index in [2.05, 4.69) is 26.0 Å². The van der Waals surface area contributed by atoms with Gasteiger partial charge in [-0.15, -0.1) is 0 Å². The average molecular weight is 277 g/mol. The van der Waals surface area contributed by atoms with E-state index in [4.69, 9.17) is 11.6 Å². The Balaban J connectivity index is 0.000000461. The zero-order valence-corrected chi connectivity index (χ0v) is 10.6. The van der Waals surface area contributed by atoms with Crippen molar-refractivity contribution in [2.75, 3.05) is 0 Å². The Labute approximate surface area is 96.2 Å². The van der Waals surface area contributed by atoms with Crippen molar-refractivity contribution in [3.05, 3.63) is 27.6 Å². The molecule has 0 fully saturated rings. The predicted octanol–water partition coefficient (Wildman–Crippen LogP) is 3.48. The van der Waals surface area contributed by atoms with Crippen molar-refractivity contribution in [3.63, 3.8) is 0 Å². The summed E-state index contributed by atoms with van der Waals surface area (Å²) in [4.78, 5) is 4.15. The smallest absolute Gasteiger partial charge is 0.168 e. The van der Waals surface area contributed by atoms with Gasteiger partial charge in [-0.1, -0.05) is 25.4 Å². The first-order chi connectivity index (χ1) is 6.68. The van der Waals surface area contributed by atoms with Gasteiger partial charge in [0.2, 0.25) is 0 Å². The Kier molecular flexibility index (Phi) is 3.89. The van der Waals surface area contributed by atoms with Gasteiger partial charge in [0, 0.05) is 0 Å². The van der Waals surface area contributed by atoms with Crippen LogP contribution >= 0.6 is 27.5 Å². The third kappa shape index (κ3) is 2.07. The van der Waals surface area contributed by atoms with E-state index in [0.717, 1.165) is 15.8 Å². The molecule has 0 atom stereocenters. The fraction of sp³-hybridized carbons (Fsp3) is 0.333. The maximum Gasteiger partial charge on any atom is 0.168 e. The Morgan fingerprint density at radius 2 is 2.07 bits per heavy atom. The molecular weight excluding hydrogens is 265 g/mol. The van der Waals surface area contributed by atoms with Gasteiger partial charge in [0.05, 0.1) is 16.4 Å². The molecule has 2 heterocycles. The number of aryl methyl sites for hydroxylation is 1. The fourth-order valence-electron chi connectivity index (χ4n) is 1.01. The number of hydrogen-bond donors (Lipinski definition) is 0. The lowest BCUT2D eigenvalue weighted by atomic mass is 10.5. The molecule has 2 rings (SSSR count). The molecule has 0 radical (unpaired) electrons. The number of aromatic nitrogens is 3. The lowest BCUT2D eigenvalue weighted by Gasteiger charge is -1.97. The molecule has 0 aromatic carbocycles. The number of rotatable bonds is 0. The largest absolute Gasteiger partial charge is 0.234 e. The van der Waals surface area contributed by atoms with Gasteiger partial charge in [0.1, 0.15) is 0 Å². The zero-order chi connectivity index (χ0) is 10.7. The summed E-state index contributed by atoms with van der Waals surface area (Å²) < 4.78 is 2.56. The van der Waals surface area contributed by atoms with Crippen molar-refractivity contribution < 1.29 is 0 Å². The predicted molar refractivity (Wildman–Crippen MR) is 61.8 cm³/mol. The van der Waals surface area contributed by atoms with Gasteiger partial charge in [-0.2, -0.15) is 5.10 Å². The topological polar surface area (TPSA) is 30.2 Å². The third-order valence-electron chi connectivity index (χ3n) is 1.56. The van der Waals surface area contributed by atoms with Crippen molar-refractivity contribution in [1.29, 1.82) is 0 Å². The molecule has 0 N–H and O–H groups in total. The number of halogens is 2. The highest BCUT2D eigenvalue weighted by Crippen LogP contribution is 2.19. The van der Waals surface area contributed by atoms with Crippen LogP contribution in [0.15, 0.2) is 16.7 Å². The van der Waals surface area contributed by atoms with Crippen LogP contribution in [0.25, 0.3) is 5.65 Å². The number of nitrogens with zero attached hydrogens (tertiary/aromatic N) is 3. The second-order valence-corrected chi connectivity index (χ2v) is 3.69. The van der Waals surface area contributed by atoms with E-state index in [0.29, 0.717) is 5.15 Å². The van der Waals surface area contributed by atoms with Crippen LogP contribution in [-0.2, 0) is 0 Å². The first-order valence-corrected chi connectivity index (χ1v) is 5.52. The molecule has 0 aliphatic heterocycles. The van der Waals surface area contributed by atoms with E-state index < -0.39 is 0 Å². The van der Waals surface area contributed by atoms with E-state index >= 15 is 0 Å². The summed E-state index contributed by atoms with van der Waals surface area (Å²) in [5.41, 5.74) is 1.75. The minimum Gasteiger partial charge on any atom is -0.234 e. The molecule has 3 nitrogen and oxygen atoms in total. The lowest BCUT2D eigenvalue weighted by Crippen LogP contribution is -1.94. The van der Waals surface area contributed by atoms with Crippen molar-refractivity contribution in [2.45, 2.75) is 20.8 Å². The van der Waals surface area contributed by atoms with Gasteiger partial charge in [-0.3, -0.25) is 0 Å². The molecule has 0 unspecified atom stereocenters. The molecule has 0 saturated heterocycles. The highest BCUT2D eigenvalue weighted by atomic mass is 79.9. The average Bonchev–Trinajstić information content (AvgIpc) is 2.52. The van der Waals surface area contributed by atoms with Crippen LogP contribution in [0, 0.1) is 6.92 Å². The van der Waals surface area contributed by atoms with Gasteiger partial charge in [0.15, 0.2) is 10.8 Å². The van der Waals surface area contributed by atoms with Crippen LogP contribution in [-0.4, -0.2) is 14.6 Å². The first kappa shape index (κ1) is 11.5. The second-order valence-electron chi connectivity index (χ2n) is 2.45. The molecule has 2 aromatic rings. The molecule has 0 amide bonds. The minimum absolute atomic E-state index is 0.454. The van der Waals surface area contributed by atoms with E-state index in [1.807, 2.05) is 20.8 Å². The molecule has 0 spiro atoms. The zero-order valence-electron chi connectivity index (χ0n) is 8.25. The van der Waals surface area contributed by atoms with E-state index in [1.54, 1.807) is 16.8 Å². The maximum absolute atomic E-state index is 5.76. The molecule has 76 valence electrons. The van der Waals surface area contributed by atoms with Crippen LogP contribution in [0.1, 0.15) is 19.5 Å². The fourth-order valence-corrected chi connectivity index (χ4v) is 1.82.